The molecule has 1 saturated heterocycles. The lowest BCUT2D eigenvalue weighted by atomic mass is 10.2. The van der Waals surface area contributed by atoms with Crippen molar-refractivity contribution in [3.63, 3.8) is 0 Å². The average molecular weight is 423 g/mol. The highest BCUT2D eigenvalue weighted by molar-refractivity contribution is 9.11. The molecule has 3 rings (SSSR count). The molecule has 2 N–H and O–H groups in total. The number of aliphatic hydroxyl groups is 2. The van der Waals surface area contributed by atoms with E-state index in [1.54, 1.807) is 6.08 Å². The molecule has 1 aromatic heterocycles. The van der Waals surface area contributed by atoms with E-state index < -0.39 is 29.7 Å². The summed E-state index contributed by atoms with van der Waals surface area (Å²) in [5, 5.41) is 19.2. The van der Waals surface area contributed by atoms with Gasteiger partial charge in [0.05, 0.1) is 24.8 Å². The van der Waals surface area contributed by atoms with Gasteiger partial charge in [0.2, 0.25) is 0 Å². The number of hydrogen-bond donors (Lipinski definition) is 2. The molecule has 1 aliphatic heterocycles. The molecule has 1 fully saturated rings. The third kappa shape index (κ3) is 3.73. The van der Waals surface area contributed by atoms with Gasteiger partial charge in [0.15, 0.2) is 0 Å². The first-order chi connectivity index (χ1) is 12.5. The maximum atomic E-state index is 12.9. The standard InChI is InChI=1S/C18H19BrN2O5/c19-7-6-13-10-20(16-8-14(23)15(11-22)26-16)18(25)21(17(13)24)9-12-4-2-1-3-5-12/h1-7,10,14-16,22-23H,8-9,11H2/b7-6+/t14-,15+,16+/m0/s1. The summed E-state index contributed by atoms with van der Waals surface area (Å²) in [4.78, 5) is 27.1. The number of aromatic nitrogens is 2. The van der Waals surface area contributed by atoms with Gasteiger partial charge in [0.1, 0.15) is 12.3 Å². The Kier molecular flexibility index (Phi) is 5.87. The molecule has 0 aliphatic carbocycles. The molecule has 0 amide bonds. The Labute approximate surface area is 157 Å². The number of ether oxygens (including phenoxy) is 1. The summed E-state index contributed by atoms with van der Waals surface area (Å²) in [6, 6.07) is 9.20. The van der Waals surface area contributed by atoms with E-state index in [1.165, 1.54) is 15.7 Å². The van der Waals surface area contributed by atoms with E-state index in [1.807, 2.05) is 30.3 Å². The summed E-state index contributed by atoms with van der Waals surface area (Å²) in [7, 11) is 0. The molecule has 1 aromatic carbocycles. The molecule has 2 heterocycles. The molecular weight excluding hydrogens is 404 g/mol. The zero-order valence-electron chi connectivity index (χ0n) is 13.9. The Balaban J connectivity index is 2.08. The SMILES string of the molecule is O=c1c(/C=C/Br)cn([C@H]2C[C@H](O)[C@@H](CO)O2)c(=O)n1Cc1ccccc1. The first kappa shape index (κ1) is 18.8. The molecule has 0 unspecified atom stereocenters. The highest BCUT2D eigenvalue weighted by Crippen LogP contribution is 2.27. The third-order valence-electron chi connectivity index (χ3n) is 4.34. The van der Waals surface area contributed by atoms with Gasteiger partial charge < -0.3 is 14.9 Å². The summed E-state index contributed by atoms with van der Waals surface area (Å²) in [5.41, 5.74) is 0.186. The lowest BCUT2D eigenvalue weighted by Gasteiger charge is -2.17. The van der Waals surface area contributed by atoms with E-state index in [9.17, 15) is 19.8 Å². The Bertz CT molecular complexity index is 906. The predicted octanol–water partition coefficient (Wildman–Crippen LogP) is 1.06. The van der Waals surface area contributed by atoms with Gasteiger partial charge in [-0.2, -0.15) is 0 Å². The van der Waals surface area contributed by atoms with E-state index >= 15 is 0 Å². The molecule has 7 nitrogen and oxygen atoms in total. The van der Waals surface area contributed by atoms with Crippen molar-refractivity contribution in [2.24, 2.45) is 0 Å². The summed E-state index contributed by atoms with van der Waals surface area (Å²) in [6.07, 6.45) is 0.750. The fourth-order valence-corrected chi connectivity index (χ4v) is 3.27. The Morgan fingerprint density at radius 1 is 1.27 bits per heavy atom. The molecule has 0 saturated carbocycles. The number of hydrogen-bond acceptors (Lipinski definition) is 5. The van der Waals surface area contributed by atoms with Gasteiger partial charge in [-0.05, 0) is 16.6 Å². The minimum atomic E-state index is -0.874. The maximum Gasteiger partial charge on any atom is 0.333 e. The van der Waals surface area contributed by atoms with Crippen molar-refractivity contribution < 1.29 is 14.9 Å². The third-order valence-corrected chi connectivity index (χ3v) is 4.61. The summed E-state index contributed by atoms with van der Waals surface area (Å²) >= 11 is 3.15. The molecule has 8 heteroatoms. The minimum absolute atomic E-state index is 0.126. The van der Waals surface area contributed by atoms with Crippen LogP contribution in [0.3, 0.4) is 0 Å². The van der Waals surface area contributed by atoms with Crippen LogP contribution < -0.4 is 11.2 Å². The number of rotatable bonds is 5. The Morgan fingerprint density at radius 2 is 2.00 bits per heavy atom. The molecule has 26 heavy (non-hydrogen) atoms. The van der Waals surface area contributed by atoms with Crippen LogP contribution in [0.4, 0.5) is 0 Å². The predicted molar refractivity (Wildman–Crippen MR) is 100 cm³/mol. The maximum absolute atomic E-state index is 12.9. The molecule has 2 aromatic rings. The van der Waals surface area contributed by atoms with E-state index in [0.29, 0.717) is 5.56 Å². The summed E-state index contributed by atoms with van der Waals surface area (Å²) in [6.45, 7) is -0.217. The lowest BCUT2D eigenvalue weighted by molar-refractivity contribution is -0.0463. The fraction of sp³-hybridized carbons (Fsp3) is 0.333. The smallest absolute Gasteiger partial charge is 0.333 e. The second kappa shape index (κ2) is 8.13. The highest BCUT2D eigenvalue weighted by Gasteiger charge is 2.35. The Morgan fingerprint density at radius 3 is 2.62 bits per heavy atom. The molecular formula is C18H19BrN2O5. The van der Waals surface area contributed by atoms with Crippen molar-refractivity contribution in [3.05, 3.63) is 73.5 Å². The van der Waals surface area contributed by atoms with Gasteiger partial charge in [-0.1, -0.05) is 46.3 Å². The van der Waals surface area contributed by atoms with Gasteiger partial charge in [-0.15, -0.1) is 0 Å². The lowest BCUT2D eigenvalue weighted by Crippen LogP contribution is -2.42. The number of benzene rings is 1. The van der Waals surface area contributed by atoms with Gasteiger partial charge >= 0.3 is 5.69 Å². The van der Waals surface area contributed by atoms with Crippen LogP contribution in [-0.4, -0.2) is 38.2 Å². The van der Waals surface area contributed by atoms with Crippen molar-refractivity contribution in [2.75, 3.05) is 6.61 Å². The average Bonchev–Trinajstić information content (AvgIpc) is 3.02. The van der Waals surface area contributed by atoms with Crippen molar-refractivity contribution in [1.82, 2.24) is 9.13 Å². The number of nitrogens with zero attached hydrogens (tertiary/aromatic N) is 2. The molecule has 3 atom stereocenters. The van der Waals surface area contributed by atoms with E-state index in [-0.39, 0.29) is 19.6 Å². The van der Waals surface area contributed by atoms with Crippen LogP contribution in [0, 0.1) is 0 Å². The first-order valence-corrected chi connectivity index (χ1v) is 9.07. The minimum Gasteiger partial charge on any atom is -0.394 e. The number of halogens is 1. The Hall–Kier alpha value is -2.00. The van der Waals surface area contributed by atoms with Crippen molar-refractivity contribution in [1.29, 1.82) is 0 Å². The van der Waals surface area contributed by atoms with Gasteiger partial charge in [0.25, 0.3) is 5.56 Å². The number of aliphatic hydroxyl groups excluding tert-OH is 2. The van der Waals surface area contributed by atoms with E-state index in [0.717, 1.165) is 10.1 Å². The van der Waals surface area contributed by atoms with Crippen LogP contribution in [0.2, 0.25) is 0 Å². The quantitative estimate of drug-likeness (QED) is 0.751. The first-order valence-electron chi connectivity index (χ1n) is 8.16. The monoisotopic (exact) mass is 422 g/mol. The molecule has 0 spiro atoms. The molecule has 1 aliphatic rings. The highest BCUT2D eigenvalue weighted by atomic mass is 79.9. The van der Waals surface area contributed by atoms with E-state index in [4.69, 9.17) is 4.74 Å². The normalized spacial score (nSPS) is 23.0. The van der Waals surface area contributed by atoms with Crippen LogP contribution in [0.25, 0.3) is 6.08 Å². The van der Waals surface area contributed by atoms with Crippen LogP contribution in [0.5, 0.6) is 0 Å². The molecule has 138 valence electrons. The summed E-state index contributed by atoms with van der Waals surface area (Å²) < 4.78 is 8.02. The van der Waals surface area contributed by atoms with Crippen molar-refractivity contribution in [2.45, 2.75) is 31.4 Å². The van der Waals surface area contributed by atoms with Crippen LogP contribution in [0.15, 0.2) is 51.1 Å². The second-order valence-electron chi connectivity index (χ2n) is 6.06. The summed E-state index contributed by atoms with van der Waals surface area (Å²) in [5.74, 6) is 0. The second-order valence-corrected chi connectivity index (χ2v) is 6.59. The van der Waals surface area contributed by atoms with Crippen molar-refractivity contribution >= 4 is 22.0 Å². The fourth-order valence-electron chi connectivity index (χ4n) is 2.99. The molecule has 0 radical (unpaired) electrons. The molecule has 0 bridgehead atoms. The zero-order chi connectivity index (χ0) is 18.7. The van der Waals surface area contributed by atoms with Crippen molar-refractivity contribution in [3.8, 4) is 0 Å². The topological polar surface area (TPSA) is 93.7 Å². The van der Waals surface area contributed by atoms with Gasteiger partial charge in [-0.25, -0.2) is 4.79 Å². The van der Waals surface area contributed by atoms with Crippen LogP contribution in [0.1, 0.15) is 23.8 Å². The van der Waals surface area contributed by atoms with Crippen LogP contribution in [-0.2, 0) is 11.3 Å². The zero-order valence-corrected chi connectivity index (χ0v) is 15.4. The van der Waals surface area contributed by atoms with Crippen LogP contribution >= 0.6 is 15.9 Å². The largest absolute Gasteiger partial charge is 0.394 e. The van der Waals surface area contributed by atoms with Gasteiger partial charge in [0, 0.05) is 12.6 Å². The van der Waals surface area contributed by atoms with Gasteiger partial charge in [-0.3, -0.25) is 13.9 Å². The van der Waals surface area contributed by atoms with E-state index in [2.05, 4.69) is 15.9 Å².